The van der Waals surface area contributed by atoms with Gasteiger partial charge >= 0.3 is 0 Å². The molecule has 154 valence electrons. The predicted octanol–water partition coefficient (Wildman–Crippen LogP) is 4.01. The quantitative estimate of drug-likeness (QED) is 0.298. The monoisotopic (exact) mass is 492 g/mol. The predicted molar refractivity (Wildman–Crippen MR) is 125 cm³/mol. The molecule has 0 saturated carbocycles. The lowest BCUT2D eigenvalue weighted by atomic mass is 10.1. The molecule has 31 heavy (non-hydrogen) atoms. The van der Waals surface area contributed by atoms with Crippen LogP contribution in [-0.4, -0.2) is 36.0 Å². The lowest BCUT2D eigenvalue weighted by Gasteiger charge is -2.12. The maximum atomic E-state index is 13.1. The highest BCUT2D eigenvalue weighted by Crippen LogP contribution is 2.29. The Morgan fingerprint density at radius 3 is 2.81 bits per heavy atom. The molecule has 9 heteroatoms. The summed E-state index contributed by atoms with van der Waals surface area (Å²) >= 11 is 4.94. The number of nitrogens with zero attached hydrogens (tertiary/aromatic N) is 6. The van der Waals surface area contributed by atoms with E-state index < -0.39 is 0 Å². The van der Waals surface area contributed by atoms with Crippen LogP contribution in [0, 0.1) is 0 Å². The van der Waals surface area contributed by atoms with Crippen molar-refractivity contribution in [3.63, 3.8) is 0 Å². The highest BCUT2D eigenvalue weighted by atomic mass is 79.9. The third-order valence-corrected chi connectivity index (χ3v) is 6.44. The van der Waals surface area contributed by atoms with Gasteiger partial charge in [0.25, 0.3) is 5.56 Å². The molecule has 0 amide bonds. The van der Waals surface area contributed by atoms with Crippen molar-refractivity contribution in [2.75, 3.05) is 5.75 Å². The second-order valence-electron chi connectivity index (χ2n) is 7.08. The van der Waals surface area contributed by atoms with E-state index in [2.05, 4.69) is 48.0 Å². The van der Waals surface area contributed by atoms with Crippen molar-refractivity contribution in [3.8, 4) is 0 Å². The number of rotatable bonds is 6. The van der Waals surface area contributed by atoms with Crippen LogP contribution in [0.5, 0.6) is 0 Å². The number of halogens is 1. The summed E-state index contributed by atoms with van der Waals surface area (Å²) in [5, 5.41) is 0.627. The molecule has 0 saturated heterocycles. The normalized spacial score (nSPS) is 12.7. The molecule has 0 spiro atoms. The largest absolute Gasteiger partial charge is 0.285 e. The first kappa shape index (κ1) is 20.0. The van der Waals surface area contributed by atoms with Crippen LogP contribution in [0.4, 0.5) is 5.69 Å². The minimum absolute atomic E-state index is 0.168. The fraction of sp³-hybridized carbons (Fsp3) is 0.182. The molecule has 1 aromatic carbocycles. The summed E-state index contributed by atoms with van der Waals surface area (Å²) in [4.78, 5) is 35.4. The van der Waals surface area contributed by atoms with Crippen LogP contribution in [0.2, 0.25) is 0 Å². The molecule has 1 aliphatic heterocycles. The second-order valence-corrected chi connectivity index (χ2v) is 8.94. The summed E-state index contributed by atoms with van der Waals surface area (Å²) in [7, 11) is 0. The van der Waals surface area contributed by atoms with Crippen molar-refractivity contribution in [2.24, 2.45) is 4.99 Å². The third kappa shape index (κ3) is 4.28. The van der Waals surface area contributed by atoms with Gasteiger partial charge in [-0.2, -0.15) is 0 Å². The Kier molecular flexibility index (Phi) is 5.61. The molecule has 4 heterocycles. The Balaban J connectivity index is 1.43. The topological polar surface area (TPSA) is 85.9 Å². The van der Waals surface area contributed by atoms with E-state index in [1.165, 1.54) is 18.0 Å². The minimum atomic E-state index is -0.168. The lowest BCUT2D eigenvalue weighted by Crippen LogP contribution is -2.25. The average Bonchev–Trinajstić information content (AvgIpc) is 3.20. The van der Waals surface area contributed by atoms with E-state index in [0.717, 1.165) is 33.5 Å². The first-order valence-electron chi connectivity index (χ1n) is 9.76. The third-order valence-electron chi connectivity index (χ3n) is 4.96. The lowest BCUT2D eigenvalue weighted by molar-refractivity contribution is 0.593. The summed E-state index contributed by atoms with van der Waals surface area (Å²) in [6.45, 7) is 0.520. The van der Waals surface area contributed by atoms with Gasteiger partial charge in [-0.1, -0.05) is 42.1 Å². The zero-order valence-corrected chi connectivity index (χ0v) is 18.8. The summed E-state index contributed by atoms with van der Waals surface area (Å²) in [6.07, 6.45) is 6.30. The maximum Gasteiger partial charge on any atom is 0.282 e. The van der Waals surface area contributed by atoms with E-state index in [1.54, 1.807) is 17.0 Å². The van der Waals surface area contributed by atoms with E-state index in [0.29, 0.717) is 35.0 Å². The first-order valence-corrected chi connectivity index (χ1v) is 11.5. The van der Waals surface area contributed by atoms with E-state index in [1.807, 2.05) is 24.3 Å². The Hall–Kier alpha value is -2.91. The SMILES string of the molecule is O=c1c2nccnc2nc(SCC2=Nc3cc(Br)cnc3C2)n1CCc1ccccc1. The van der Waals surface area contributed by atoms with Crippen molar-refractivity contribution in [1.29, 1.82) is 0 Å². The first-order chi connectivity index (χ1) is 15.2. The van der Waals surface area contributed by atoms with Gasteiger partial charge in [-0.15, -0.1) is 0 Å². The molecule has 0 aliphatic carbocycles. The van der Waals surface area contributed by atoms with Gasteiger partial charge < -0.3 is 0 Å². The molecular weight excluding hydrogens is 476 g/mol. The molecule has 0 bridgehead atoms. The van der Waals surface area contributed by atoms with Crippen molar-refractivity contribution in [2.45, 2.75) is 24.5 Å². The van der Waals surface area contributed by atoms with Crippen LogP contribution in [-0.2, 0) is 19.4 Å². The number of aliphatic imine (C=N–C) groups is 1. The Morgan fingerprint density at radius 1 is 1.10 bits per heavy atom. The molecule has 5 rings (SSSR count). The van der Waals surface area contributed by atoms with Gasteiger partial charge in [0.1, 0.15) is 0 Å². The van der Waals surface area contributed by atoms with Crippen LogP contribution in [0.15, 0.2) is 74.4 Å². The van der Waals surface area contributed by atoms with E-state index in [9.17, 15) is 4.79 Å². The molecular formula is C22H17BrN6OS. The zero-order chi connectivity index (χ0) is 21.2. The van der Waals surface area contributed by atoms with Gasteiger partial charge in [0.2, 0.25) is 0 Å². The Bertz CT molecular complexity index is 1360. The fourth-order valence-electron chi connectivity index (χ4n) is 3.45. The Labute approximate surface area is 190 Å². The molecule has 0 radical (unpaired) electrons. The standard InChI is InChI=1S/C22H17BrN6OS/c23-15-10-18-17(26-12-15)11-16(27-18)13-31-22-28-20-19(24-7-8-25-20)21(30)29(22)9-6-14-4-2-1-3-5-14/h1-5,7-8,10,12H,6,9,11,13H2. The van der Waals surface area contributed by atoms with Gasteiger partial charge in [0.15, 0.2) is 16.3 Å². The number of thioether (sulfide) groups is 1. The smallest absolute Gasteiger partial charge is 0.282 e. The summed E-state index contributed by atoms with van der Waals surface area (Å²) in [5.74, 6) is 0.623. The molecule has 7 nitrogen and oxygen atoms in total. The van der Waals surface area contributed by atoms with Crippen LogP contribution < -0.4 is 5.56 Å². The second kappa shape index (κ2) is 8.68. The minimum Gasteiger partial charge on any atom is -0.285 e. The molecule has 0 unspecified atom stereocenters. The Morgan fingerprint density at radius 2 is 1.94 bits per heavy atom. The number of hydrogen-bond acceptors (Lipinski definition) is 7. The van der Waals surface area contributed by atoms with Gasteiger partial charge in [0.05, 0.1) is 11.4 Å². The van der Waals surface area contributed by atoms with Gasteiger partial charge in [-0.3, -0.25) is 19.3 Å². The fourth-order valence-corrected chi connectivity index (χ4v) is 4.71. The van der Waals surface area contributed by atoms with E-state index in [4.69, 9.17) is 4.99 Å². The van der Waals surface area contributed by atoms with E-state index in [-0.39, 0.29) is 5.56 Å². The molecule has 4 aromatic rings. The van der Waals surface area contributed by atoms with Gasteiger partial charge in [-0.05, 0) is 34.0 Å². The van der Waals surface area contributed by atoms with Crippen molar-refractivity contribution in [1.82, 2.24) is 24.5 Å². The van der Waals surface area contributed by atoms with Crippen molar-refractivity contribution < 1.29 is 0 Å². The zero-order valence-electron chi connectivity index (χ0n) is 16.4. The maximum absolute atomic E-state index is 13.1. The highest BCUT2D eigenvalue weighted by Gasteiger charge is 2.19. The number of aromatic nitrogens is 5. The van der Waals surface area contributed by atoms with Crippen molar-refractivity contribution >= 4 is 50.3 Å². The number of benzene rings is 1. The van der Waals surface area contributed by atoms with Crippen molar-refractivity contribution in [3.05, 3.63) is 81.1 Å². The summed E-state index contributed by atoms with van der Waals surface area (Å²) < 4.78 is 2.61. The number of fused-ring (bicyclic) bond motifs is 2. The summed E-state index contributed by atoms with van der Waals surface area (Å²) in [6, 6.07) is 12.1. The van der Waals surface area contributed by atoms with Crippen LogP contribution >= 0.6 is 27.7 Å². The average molecular weight is 493 g/mol. The summed E-state index contributed by atoms with van der Waals surface area (Å²) in [5.41, 5.74) is 4.53. The van der Waals surface area contributed by atoms with Crippen LogP contribution in [0.25, 0.3) is 11.2 Å². The molecule has 1 aliphatic rings. The molecule has 3 aromatic heterocycles. The van der Waals surface area contributed by atoms with Crippen LogP contribution in [0.1, 0.15) is 11.3 Å². The van der Waals surface area contributed by atoms with Crippen LogP contribution in [0.3, 0.4) is 0 Å². The number of aryl methyl sites for hydroxylation is 1. The number of pyridine rings is 1. The number of hydrogen-bond donors (Lipinski definition) is 0. The molecule has 0 atom stereocenters. The van der Waals surface area contributed by atoms with Gasteiger partial charge in [0, 0.05) is 47.5 Å². The van der Waals surface area contributed by atoms with E-state index >= 15 is 0 Å². The molecule has 0 N–H and O–H groups in total. The highest BCUT2D eigenvalue weighted by molar-refractivity contribution is 9.10. The van der Waals surface area contributed by atoms with Gasteiger partial charge in [-0.25, -0.2) is 15.0 Å². The molecule has 0 fully saturated rings.